The van der Waals surface area contributed by atoms with Crippen molar-refractivity contribution in [1.29, 1.82) is 0 Å². The van der Waals surface area contributed by atoms with Gasteiger partial charge in [-0.05, 0) is 31.2 Å². The number of nitrogens with zero attached hydrogens (tertiary/aromatic N) is 6. The molecule has 0 amide bonds. The number of rotatable bonds is 7. The third-order valence-corrected chi connectivity index (χ3v) is 4.93. The SMILES string of the molecule is CCN(Oc1ncc(-c2ncc[nH]2)c(-c2ccc(Cl)cc2Cl)n1)c1ccc([N+](=O)[O-])cn1. The Morgan fingerprint density at radius 2 is 1.97 bits per heavy atom. The Hall–Kier alpha value is -3.76. The average molecular weight is 472 g/mol. The van der Waals surface area contributed by atoms with Crippen LogP contribution in [-0.4, -0.2) is 36.4 Å². The average Bonchev–Trinajstić information content (AvgIpc) is 3.32. The highest BCUT2D eigenvalue weighted by molar-refractivity contribution is 6.36. The lowest BCUT2D eigenvalue weighted by molar-refractivity contribution is -0.385. The monoisotopic (exact) mass is 471 g/mol. The van der Waals surface area contributed by atoms with Crippen molar-refractivity contribution in [3.8, 4) is 28.7 Å². The van der Waals surface area contributed by atoms with Crippen molar-refractivity contribution in [3.63, 3.8) is 0 Å². The Kier molecular flexibility index (Phi) is 6.15. The number of imidazole rings is 1. The van der Waals surface area contributed by atoms with Crippen molar-refractivity contribution in [2.75, 3.05) is 11.6 Å². The Morgan fingerprint density at radius 1 is 1.12 bits per heavy atom. The van der Waals surface area contributed by atoms with Crippen molar-refractivity contribution < 1.29 is 9.76 Å². The second kappa shape index (κ2) is 9.16. The number of nitrogens with one attached hydrogen (secondary N) is 1. The molecule has 0 aliphatic heterocycles. The molecule has 10 nitrogen and oxygen atoms in total. The standard InChI is InChI=1S/C20H15Cl2N7O3/c1-2-28(17-6-4-13(10-25-17)29(30)31)32-20-26-11-15(19-23-7-8-24-19)18(27-20)14-5-3-12(21)9-16(14)22/h3-11H,2H2,1H3,(H,23,24). The van der Waals surface area contributed by atoms with Crippen LogP contribution in [0.25, 0.3) is 22.6 Å². The Morgan fingerprint density at radius 3 is 2.59 bits per heavy atom. The molecule has 3 heterocycles. The molecule has 0 fully saturated rings. The first-order chi connectivity index (χ1) is 15.5. The van der Waals surface area contributed by atoms with Crippen LogP contribution in [0.15, 0.2) is 55.1 Å². The summed E-state index contributed by atoms with van der Waals surface area (Å²) < 4.78 is 0. The molecule has 1 aromatic carbocycles. The van der Waals surface area contributed by atoms with Gasteiger partial charge in [-0.1, -0.05) is 23.2 Å². The molecule has 32 heavy (non-hydrogen) atoms. The zero-order valence-corrected chi connectivity index (χ0v) is 18.1. The summed E-state index contributed by atoms with van der Waals surface area (Å²) in [6.45, 7) is 2.21. The Bertz CT molecular complexity index is 1250. The van der Waals surface area contributed by atoms with Crippen LogP contribution in [0.5, 0.6) is 6.01 Å². The van der Waals surface area contributed by atoms with Gasteiger partial charge in [0.1, 0.15) is 12.0 Å². The lowest BCUT2D eigenvalue weighted by Gasteiger charge is -2.20. The number of aromatic nitrogens is 5. The fourth-order valence-corrected chi connectivity index (χ4v) is 3.39. The highest BCUT2D eigenvalue weighted by atomic mass is 35.5. The lowest BCUT2D eigenvalue weighted by atomic mass is 10.1. The van der Waals surface area contributed by atoms with Gasteiger partial charge in [-0.25, -0.2) is 15.0 Å². The lowest BCUT2D eigenvalue weighted by Crippen LogP contribution is -2.28. The van der Waals surface area contributed by atoms with Gasteiger partial charge in [0.2, 0.25) is 0 Å². The fraction of sp³-hybridized carbons (Fsp3) is 0.100. The summed E-state index contributed by atoms with van der Waals surface area (Å²) in [7, 11) is 0. The number of hydrogen-bond donors (Lipinski definition) is 1. The van der Waals surface area contributed by atoms with E-state index in [0.29, 0.717) is 45.1 Å². The summed E-state index contributed by atoms with van der Waals surface area (Å²) in [5.74, 6) is 0.921. The van der Waals surface area contributed by atoms with Gasteiger partial charge in [-0.3, -0.25) is 10.1 Å². The molecule has 1 N–H and O–H groups in total. The molecule has 0 saturated heterocycles. The Labute approximate surface area is 192 Å². The number of aromatic amines is 1. The summed E-state index contributed by atoms with van der Waals surface area (Å²) in [5.41, 5.74) is 1.59. The molecule has 0 aliphatic carbocycles. The van der Waals surface area contributed by atoms with Crippen LogP contribution in [0.4, 0.5) is 11.5 Å². The minimum Gasteiger partial charge on any atom is -0.345 e. The normalized spacial score (nSPS) is 10.7. The van der Waals surface area contributed by atoms with Crippen LogP contribution in [0.1, 0.15) is 6.92 Å². The van der Waals surface area contributed by atoms with E-state index in [9.17, 15) is 10.1 Å². The molecule has 12 heteroatoms. The van der Waals surface area contributed by atoms with Gasteiger partial charge in [-0.2, -0.15) is 10.0 Å². The molecule has 0 saturated carbocycles. The highest BCUT2D eigenvalue weighted by Gasteiger charge is 2.19. The quantitative estimate of drug-likeness (QED) is 0.296. The number of anilines is 1. The van der Waals surface area contributed by atoms with Crippen molar-refractivity contribution in [1.82, 2.24) is 24.9 Å². The van der Waals surface area contributed by atoms with Crippen LogP contribution in [0, 0.1) is 10.1 Å². The minimum absolute atomic E-state index is 0.0309. The van der Waals surface area contributed by atoms with Gasteiger partial charge < -0.3 is 9.82 Å². The molecular formula is C20H15Cl2N7O3. The van der Waals surface area contributed by atoms with Gasteiger partial charge in [0.05, 0.1) is 27.7 Å². The molecule has 162 valence electrons. The van der Waals surface area contributed by atoms with E-state index < -0.39 is 4.92 Å². The fourth-order valence-electron chi connectivity index (χ4n) is 2.89. The highest BCUT2D eigenvalue weighted by Crippen LogP contribution is 2.35. The number of pyridine rings is 1. The van der Waals surface area contributed by atoms with Gasteiger partial charge in [0, 0.05) is 35.2 Å². The third kappa shape index (κ3) is 4.46. The van der Waals surface area contributed by atoms with Crippen molar-refractivity contribution in [2.45, 2.75) is 6.92 Å². The number of hydroxylamine groups is 1. The van der Waals surface area contributed by atoms with E-state index in [4.69, 9.17) is 28.0 Å². The smallest absolute Gasteiger partial charge is 0.343 e. The molecule has 0 bridgehead atoms. The van der Waals surface area contributed by atoms with Crippen molar-refractivity contribution in [2.24, 2.45) is 0 Å². The summed E-state index contributed by atoms with van der Waals surface area (Å²) in [6.07, 6.45) is 6.03. The summed E-state index contributed by atoms with van der Waals surface area (Å²) in [4.78, 5) is 36.4. The van der Waals surface area contributed by atoms with Gasteiger partial charge in [0.25, 0.3) is 5.69 Å². The van der Waals surface area contributed by atoms with E-state index in [1.54, 1.807) is 36.8 Å². The molecule has 4 aromatic rings. The van der Waals surface area contributed by atoms with Crippen molar-refractivity contribution in [3.05, 3.63) is 75.3 Å². The van der Waals surface area contributed by atoms with Crippen LogP contribution in [0.3, 0.4) is 0 Å². The molecule has 0 atom stereocenters. The van der Waals surface area contributed by atoms with Gasteiger partial charge in [-0.15, -0.1) is 0 Å². The van der Waals surface area contributed by atoms with Gasteiger partial charge in [0.15, 0.2) is 5.82 Å². The van der Waals surface area contributed by atoms with Crippen LogP contribution in [0.2, 0.25) is 10.0 Å². The maximum Gasteiger partial charge on any atom is 0.343 e. The molecule has 0 radical (unpaired) electrons. The van der Waals surface area contributed by atoms with E-state index in [-0.39, 0.29) is 11.7 Å². The first kappa shape index (κ1) is 21.5. The predicted molar refractivity (Wildman–Crippen MR) is 120 cm³/mol. The zero-order chi connectivity index (χ0) is 22.7. The topological polar surface area (TPSA) is 123 Å². The van der Waals surface area contributed by atoms with Crippen molar-refractivity contribution >= 4 is 34.7 Å². The molecule has 0 aliphatic rings. The zero-order valence-electron chi connectivity index (χ0n) is 16.6. The third-order valence-electron chi connectivity index (χ3n) is 4.38. The maximum absolute atomic E-state index is 10.9. The number of H-pyrrole nitrogens is 1. The largest absolute Gasteiger partial charge is 0.345 e. The van der Waals surface area contributed by atoms with E-state index in [1.165, 1.54) is 17.2 Å². The minimum atomic E-state index is -0.521. The molecule has 3 aromatic heterocycles. The molecular weight excluding hydrogens is 457 g/mol. The number of nitro groups is 1. The van der Waals surface area contributed by atoms with Crippen LogP contribution >= 0.6 is 23.2 Å². The second-order valence-corrected chi connectivity index (χ2v) is 7.24. The summed E-state index contributed by atoms with van der Waals surface area (Å²) in [5, 5.41) is 13.2. The molecule has 4 rings (SSSR count). The van der Waals surface area contributed by atoms with Gasteiger partial charge >= 0.3 is 6.01 Å². The number of benzene rings is 1. The molecule has 0 spiro atoms. The first-order valence-corrected chi connectivity index (χ1v) is 10.1. The van der Waals surface area contributed by atoms with E-state index in [0.717, 1.165) is 6.20 Å². The van der Waals surface area contributed by atoms with E-state index >= 15 is 0 Å². The maximum atomic E-state index is 10.9. The summed E-state index contributed by atoms with van der Waals surface area (Å²) >= 11 is 12.5. The Balaban J connectivity index is 1.72. The molecule has 0 unspecified atom stereocenters. The second-order valence-electron chi connectivity index (χ2n) is 6.39. The number of hydrogen-bond acceptors (Lipinski definition) is 8. The summed E-state index contributed by atoms with van der Waals surface area (Å²) in [6, 6.07) is 7.92. The van der Waals surface area contributed by atoms with E-state index in [1.807, 2.05) is 6.92 Å². The predicted octanol–water partition coefficient (Wildman–Crippen LogP) is 4.96. The van der Waals surface area contributed by atoms with Crippen LogP contribution in [-0.2, 0) is 0 Å². The first-order valence-electron chi connectivity index (χ1n) is 9.34. The number of halogens is 2. The van der Waals surface area contributed by atoms with E-state index in [2.05, 4.69) is 24.9 Å². The van der Waals surface area contributed by atoms with Crippen LogP contribution < -0.4 is 9.90 Å².